The molecule has 1 aliphatic carbocycles. The third-order valence-electron chi connectivity index (χ3n) is 7.22. The average Bonchev–Trinajstić information content (AvgIpc) is 3.52. The maximum Gasteiger partial charge on any atom is 0.136 e. The van der Waals surface area contributed by atoms with E-state index in [1.165, 1.54) is 11.3 Å². The normalized spacial score (nSPS) is 25.4. The molecule has 1 aliphatic heterocycles. The lowest BCUT2D eigenvalue weighted by Crippen LogP contribution is -2.58. The summed E-state index contributed by atoms with van der Waals surface area (Å²) >= 11 is 3.15. The molecule has 4 aromatic rings. The molecule has 1 saturated carbocycles. The van der Waals surface area contributed by atoms with E-state index in [1.54, 1.807) is 11.3 Å². The maximum atomic E-state index is 11.1. The Hall–Kier alpha value is -2.46. The van der Waals surface area contributed by atoms with Crippen LogP contribution in [0.25, 0.3) is 31.6 Å². The van der Waals surface area contributed by atoms with Gasteiger partial charge in [0.25, 0.3) is 0 Å². The molecule has 6 rings (SSSR count). The zero-order chi connectivity index (χ0) is 25.0. The van der Waals surface area contributed by atoms with Crippen molar-refractivity contribution in [2.45, 2.75) is 49.3 Å². The summed E-state index contributed by atoms with van der Waals surface area (Å²) in [6.45, 7) is 2.92. The molecule has 0 radical (unpaired) electrons. The SMILES string of the molecule is C[C@]1(O)C[C@@](N)(c2ccc(-c3nc(-c4cnc(C5(O)CCOCC5)s4)sc3-c3ccccc3)cc2)C1. The molecule has 8 heteroatoms. The van der Waals surface area contributed by atoms with Crippen LogP contribution in [0.15, 0.2) is 60.8 Å². The molecule has 4 N–H and O–H groups in total. The summed E-state index contributed by atoms with van der Waals surface area (Å²) in [7, 11) is 0. The van der Waals surface area contributed by atoms with Crippen LogP contribution in [0.2, 0.25) is 0 Å². The first kappa shape index (κ1) is 23.9. The topological polar surface area (TPSA) is 101 Å². The van der Waals surface area contributed by atoms with E-state index in [9.17, 15) is 10.2 Å². The van der Waals surface area contributed by atoms with E-state index in [-0.39, 0.29) is 0 Å². The molecule has 6 nitrogen and oxygen atoms in total. The Bertz CT molecular complexity index is 1360. The fourth-order valence-electron chi connectivity index (χ4n) is 5.39. The Labute approximate surface area is 218 Å². The average molecular weight is 520 g/mol. The number of rotatable bonds is 5. The van der Waals surface area contributed by atoms with Crippen LogP contribution in [0.4, 0.5) is 0 Å². The van der Waals surface area contributed by atoms with Crippen molar-refractivity contribution < 1.29 is 14.9 Å². The maximum absolute atomic E-state index is 11.1. The van der Waals surface area contributed by atoms with Gasteiger partial charge in [-0.05, 0) is 30.9 Å². The molecule has 36 heavy (non-hydrogen) atoms. The van der Waals surface area contributed by atoms with E-state index in [2.05, 4.69) is 41.4 Å². The summed E-state index contributed by atoms with van der Waals surface area (Å²) in [5.41, 5.74) is 8.53. The summed E-state index contributed by atoms with van der Waals surface area (Å²) in [5.74, 6) is 0. The predicted molar refractivity (Wildman–Crippen MR) is 144 cm³/mol. The number of hydrogen-bond acceptors (Lipinski definition) is 8. The lowest BCUT2D eigenvalue weighted by Gasteiger charge is -2.49. The molecule has 0 bridgehead atoms. The van der Waals surface area contributed by atoms with E-state index in [0.717, 1.165) is 42.2 Å². The summed E-state index contributed by atoms with van der Waals surface area (Å²) in [4.78, 5) is 11.7. The van der Waals surface area contributed by atoms with E-state index < -0.39 is 16.7 Å². The van der Waals surface area contributed by atoms with Gasteiger partial charge in [-0.15, -0.1) is 22.7 Å². The fourth-order valence-corrected chi connectivity index (χ4v) is 7.58. The number of nitrogens with two attached hydrogens (primary N) is 1. The predicted octanol–water partition coefficient (Wildman–Crippen LogP) is 5.30. The van der Waals surface area contributed by atoms with Crippen molar-refractivity contribution in [3.8, 4) is 31.6 Å². The van der Waals surface area contributed by atoms with Gasteiger partial charge in [0.2, 0.25) is 0 Å². The molecular formula is C28H29N3O3S2. The molecule has 0 amide bonds. The zero-order valence-corrected chi connectivity index (χ0v) is 21.7. The Morgan fingerprint density at radius 2 is 1.61 bits per heavy atom. The number of hydrogen-bond donors (Lipinski definition) is 3. The van der Waals surface area contributed by atoms with Crippen molar-refractivity contribution in [1.29, 1.82) is 0 Å². The lowest BCUT2D eigenvalue weighted by atomic mass is 9.63. The van der Waals surface area contributed by atoms with Crippen molar-refractivity contribution >= 4 is 22.7 Å². The second-order valence-electron chi connectivity index (χ2n) is 10.3. The van der Waals surface area contributed by atoms with Crippen molar-refractivity contribution in [2.75, 3.05) is 13.2 Å². The molecule has 2 aromatic carbocycles. The Morgan fingerprint density at radius 1 is 0.917 bits per heavy atom. The van der Waals surface area contributed by atoms with E-state index in [0.29, 0.717) is 38.9 Å². The van der Waals surface area contributed by atoms with Gasteiger partial charge in [-0.2, -0.15) is 0 Å². The Balaban J connectivity index is 1.36. The molecule has 2 aliphatic rings. The van der Waals surface area contributed by atoms with Crippen LogP contribution >= 0.6 is 22.7 Å². The molecular weight excluding hydrogens is 490 g/mol. The van der Waals surface area contributed by atoms with E-state index >= 15 is 0 Å². The highest BCUT2D eigenvalue weighted by molar-refractivity contribution is 7.23. The van der Waals surface area contributed by atoms with Crippen LogP contribution in [0, 0.1) is 0 Å². The second-order valence-corrected chi connectivity index (χ2v) is 12.4. The summed E-state index contributed by atoms with van der Waals surface area (Å²) in [5, 5.41) is 22.9. The van der Waals surface area contributed by atoms with Crippen LogP contribution in [0.3, 0.4) is 0 Å². The van der Waals surface area contributed by atoms with Gasteiger partial charge >= 0.3 is 0 Å². The standard InChI is InChI=1S/C28H29N3O3S2/c1-26(32)16-27(29,17-26)20-9-7-18(8-10-20)22-23(19-5-3-2-4-6-19)36-24(31-22)21-15-30-25(35-21)28(33)11-13-34-14-12-28/h2-10,15,32-33H,11-14,16-17,29H2,1H3/t26-,27-. The Kier molecular flexibility index (Phi) is 5.87. The van der Waals surface area contributed by atoms with E-state index in [4.69, 9.17) is 15.5 Å². The minimum atomic E-state index is -0.927. The first-order valence-electron chi connectivity index (χ1n) is 12.2. The van der Waals surface area contributed by atoms with E-state index in [1.807, 2.05) is 31.3 Å². The molecule has 3 heterocycles. The number of thiazole rings is 2. The largest absolute Gasteiger partial charge is 0.390 e. The van der Waals surface area contributed by atoms with Crippen LogP contribution in [0.1, 0.15) is 43.2 Å². The van der Waals surface area contributed by atoms with Gasteiger partial charge in [-0.3, -0.25) is 0 Å². The van der Waals surface area contributed by atoms with Crippen molar-refractivity contribution in [3.05, 3.63) is 71.4 Å². The first-order valence-corrected chi connectivity index (χ1v) is 13.8. The van der Waals surface area contributed by atoms with Crippen LogP contribution in [-0.2, 0) is 15.9 Å². The molecule has 0 unspecified atom stereocenters. The lowest BCUT2D eigenvalue weighted by molar-refractivity contribution is -0.0739. The summed E-state index contributed by atoms with van der Waals surface area (Å²) in [6, 6.07) is 18.6. The number of benzene rings is 2. The highest BCUT2D eigenvalue weighted by Crippen LogP contribution is 2.47. The third kappa shape index (κ3) is 4.32. The van der Waals surface area contributed by atoms with Gasteiger partial charge in [-0.1, -0.05) is 54.6 Å². The van der Waals surface area contributed by atoms with Gasteiger partial charge in [0.15, 0.2) is 0 Å². The summed E-state index contributed by atoms with van der Waals surface area (Å²) < 4.78 is 5.43. The van der Waals surface area contributed by atoms with Crippen LogP contribution in [-0.4, -0.2) is 39.0 Å². The van der Waals surface area contributed by atoms with Crippen LogP contribution in [0.5, 0.6) is 0 Å². The van der Waals surface area contributed by atoms with Crippen LogP contribution < -0.4 is 5.73 Å². The first-order chi connectivity index (χ1) is 17.2. The van der Waals surface area contributed by atoms with Gasteiger partial charge in [0.05, 0.1) is 21.0 Å². The minimum Gasteiger partial charge on any atom is -0.390 e. The molecule has 0 spiro atoms. The van der Waals surface area contributed by atoms with Crippen molar-refractivity contribution in [2.24, 2.45) is 5.73 Å². The van der Waals surface area contributed by atoms with Gasteiger partial charge in [0, 0.05) is 43.4 Å². The third-order valence-corrected chi connectivity index (χ3v) is 9.69. The quantitative estimate of drug-likeness (QED) is 0.331. The molecule has 186 valence electrons. The second kappa shape index (κ2) is 8.83. The number of aromatic nitrogens is 2. The number of aliphatic hydroxyl groups is 2. The highest BCUT2D eigenvalue weighted by atomic mass is 32.1. The van der Waals surface area contributed by atoms with Crippen molar-refractivity contribution in [1.82, 2.24) is 9.97 Å². The zero-order valence-electron chi connectivity index (χ0n) is 20.1. The van der Waals surface area contributed by atoms with Gasteiger partial charge in [0.1, 0.15) is 15.6 Å². The summed E-state index contributed by atoms with van der Waals surface area (Å²) in [6.07, 6.45) is 4.06. The Morgan fingerprint density at radius 3 is 2.28 bits per heavy atom. The monoisotopic (exact) mass is 519 g/mol. The molecule has 1 saturated heterocycles. The fraction of sp³-hybridized carbons (Fsp3) is 0.357. The van der Waals surface area contributed by atoms with Gasteiger partial charge in [-0.25, -0.2) is 9.97 Å². The minimum absolute atomic E-state index is 0.485. The molecule has 2 fully saturated rings. The van der Waals surface area contributed by atoms with Gasteiger partial charge < -0.3 is 20.7 Å². The smallest absolute Gasteiger partial charge is 0.136 e. The number of nitrogens with zero attached hydrogens (tertiary/aromatic N) is 2. The van der Waals surface area contributed by atoms with Crippen molar-refractivity contribution in [3.63, 3.8) is 0 Å². The highest BCUT2D eigenvalue weighted by Gasteiger charge is 2.49. The molecule has 0 atom stereocenters. The molecule has 2 aromatic heterocycles. The number of ether oxygens (including phenoxy) is 1.